The van der Waals surface area contributed by atoms with Gasteiger partial charge in [0.05, 0.1) is 0 Å². The van der Waals surface area contributed by atoms with Crippen molar-refractivity contribution in [3.63, 3.8) is 0 Å². The molecular weight excluding hydrogens is 229 g/mol. The van der Waals surface area contributed by atoms with E-state index in [1.165, 1.54) is 6.07 Å². The molecule has 84 valence electrons. The van der Waals surface area contributed by atoms with Crippen LogP contribution in [-0.2, 0) is 7.05 Å². The highest BCUT2D eigenvalue weighted by Crippen LogP contribution is 2.29. The Hall–Kier alpha value is -1.55. The Morgan fingerprint density at radius 2 is 2.12 bits per heavy atom. The zero-order chi connectivity index (χ0) is 11.9. The van der Waals surface area contributed by atoms with Crippen LogP contribution in [0.1, 0.15) is 5.82 Å². The van der Waals surface area contributed by atoms with E-state index in [0.717, 1.165) is 5.82 Å². The lowest BCUT2D eigenvalue weighted by Crippen LogP contribution is -1.98. The molecule has 0 radical (unpaired) electrons. The minimum absolute atomic E-state index is 0.354. The van der Waals surface area contributed by atoms with Gasteiger partial charge in [0.15, 0.2) is 0 Å². The zero-order valence-corrected chi connectivity index (χ0v) is 9.72. The van der Waals surface area contributed by atoms with Crippen LogP contribution in [0.3, 0.4) is 0 Å². The van der Waals surface area contributed by atoms with Crippen molar-refractivity contribution in [2.24, 2.45) is 7.05 Å². The summed E-state index contributed by atoms with van der Waals surface area (Å²) in [6.45, 7) is 1.81. The zero-order valence-electron chi connectivity index (χ0n) is 8.96. The predicted octanol–water partition coefficient (Wildman–Crippen LogP) is 2.77. The van der Waals surface area contributed by atoms with Gasteiger partial charge in [-0.3, -0.25) is 0 Å². The summed E-state index contributed by atoms with van der Waals surface area (Å²) in [5, 5.41) is 0.354. The van der Waals surface area contributed by atoms with Crippen LogP contribution in [0.4, 0.5) is 10.2 Å². The molecule has 0 aliphatic carbocycles. The number of hydrogen-bond donors (Lipinski definition) is 1. The number of aromatic nitrogens is 2. The number of benzene rings is 1. The molecule has 0 bridgehead atoms. The molecule has 0 saturated heterocycles. The maximum Gasteiger partial charge on any atom is 0.134 e. The third-order valence-corrected chi connectivity index (χ3v) is 2.78. The standard InChI is InChI=1S/C11H11ClFN3/c1-6-15-10(11(14)16(6)2)8-4-3-7(12)5-9(8)13/h3-5H,14H2,1-2H3. The Bertz CT molecular complexity index is 548. The van der Waals surface area contributed by atoms with Gasteiger partial charge in [-0.2, -0.15) is 0 Å². The van der Waals surface area contributed by atoms with E-state index < -0.39 is 5.82 Å². The number of halogens is 2. The van der Waals surface area contributed by atoms with Gasteiger partial charge in [-0.25, -0.2) is 9.37 Å². The molecular formula is C11H11ClFN3. The Labute approximate surface area is 97.7 Å². The summed E-state index contributed by atoms with van der Waals surface area (Å²) >= 11 is 5.68. The van der Waals surface area contributed by atoms with Crippen LogP contribution in [-0.4, -0.2) is 9.55 Å². The first-order valence-corrected chi connectivity index (χ1v) is 5.12. The van der Waals surface area contributed by atoms with Crippen molar-refractivity contribution in [3.05, 3.63) is 34.9 Å². The Morgan fingerprint density at radius 3 is 2.62 bits per heavy atom. The molecule has 0 fully saturated rings. The summed E-state index contributed by atoms with van der Waals surface area (Å²) < 4.78 is 15.4. The fourth-order valence-electron chi connectivity index (χ4n) is 1.51. The fraction of sp³-hybridized carbons (Fsp3) is 0.182. The number of anilines is 1. The molecule has 1 aromatic heterocycles. The van der Waals surface area contributed by atoms with Gasteiger partial charge in [-0.05, 0) is 25.1 Å². The number of nitrogens with two attached hydrogens (primary N) is 1. The summed E-state index contributed by atoms with van der Waals surface area (Å²) in [5.41, 5.74) is 6.66. The van der Waals surface area contributed by atoms with Crippen molar-refractivity contribution in [1.29, 1.82) is 0 Å². The highest BCUT2D eigenvalue weighted by molar-refractivity contribution is 6.30. The van der Waals surface area contributed by atoms with Gasteiger partial charge in [0.2, 0.25) is 0 Å². The van der Waals surface area contributed by atoms with Crippen molar-refractivity contribution >= 4 is 17.4 Å². The Balaban J connectivity index is 2.63. The number of rotatable bonds is 1. The Morgan fingerprint density at radius 1 is 1.44 bits per heavy atom. The molecule has 0 atom stereocenters. The molecule has 1 aromatic carbocycles. The van der Waals surface area contributed by atoms with Crippen molar-refractivity contribution in [1.82, 2.24) is 9.55 Å². The number of nitrogen functional groups attached to an aromatic ring is 1. The molecule has 0 aliphatic rings. The lowest BCUT2D eigenvalue weighted by atomic mass is 10.1. The van der Waals surface area contributed by atoms with Crippen LogP contribution in [0, 0.1) is 12.7 Å². The molecule has 2 rings (SSSR count). The molecule has 0 unspecified atom stereocenters. The van der Waals surface area contributed by atoms with Gasteiger partial charge in [0.25, 0.3) is 0 Å². The maximum atomic E-state index is 13.7. The molecule has 0 spiro atoms. The van der Waals surface area contributed by atoms with E-state index in [0.29, 0.717) is 22.1 Å². The van der Waals surface area contributed by atoms with E-state index in [4.69, 9.17) is 17.3 Å². The second-order valence-electron chi connectivity index (χ2n) is 3.58. The van der Waals surface area contributed by atoms with Gasteiger partial charge < -0.3 is 10.3 Å². The van der Waals surface area contributed by atoms with Crippen molar-refractivity contribution in [3.8, 4) is 11.3 Å². The van der Waals surface area contributed by atoms with Gasteiger partial charge in [-0.15, -0.1) is 0 Å². The normalized spacial score (nSPS) is 10.8. The average Bonchev–Trinajstić information content (AvgIpc) is 2.46. The summed E-state index contributed by atoms with van der Waals surface area (Å²) in [6, 6.07) is 4.44. The third kappa shape index (κ3) is 1.65. The minimum Gasteiger partial charge on any atom is -0.383 e. The number of aryl methyl sites for hydroxylation is 1. The summed E-state index contributed by atoms with van der Waals surface area (Å²) in [5.74, 6) is 0.762. The van der Waals surface area contributed by atoms with Crippen LogP contribution in [0.5, 0.6) is 0 Å². The van der Waals surface area contributed by atoms with E-state index in [1.54, 1.807) is 23.7 Å². The smallest absolute Gasteiger partial charge is 0.134 e. The lowest BCUT2D eigenvalue weighted by molar-refractivity contribution is 0.631. The van der Waals surface area contributed by atoms with E-state index in [-0.39, 0.29) is 0 Å². The van der Waals surface area contributed by atoms with Crippen molar-refractivity contribution in [2.45, 2.75) is 6.92 Å². The van der Waals surface area contributed by atoms with Gasteiger partial charge >= 0.3 is 0 Å². The van der Waals surface area contributed by atoms with Gasteiger partial charge in [0, 0.05) is 17.6 Å². The number of hydrogen-bond acceptors (Lipinski definition) is 2. The first-order valence-electron chi connectivity index (χ1n) is 4.75. The van der Waals surface area contributed by atoms with Crippen LogP contribution in [0.2, 0.25) is 5.02 Å². The average molecular weight is 240 g/mol. The van der Waals surface area contributed by atoms with E-state index in [2.05, 4.69) is 4.98 Å². The maximum absolute atomic E-state index is 13.7. The molecule has 5 heteroatoms. The molecule has 0 amide bonds. The molecule has 2 aromatic rings. The summed E-state index contributed by atoms with van der Waals surface area (Å²) in [7, 11) is 1.79. The topological polar surface area (TPSA) is 43.8 Å². The molecule has 1 heterocycles. The number of nitrogens with zero attached hydrogens (tertiary/aromatic N) is 2. The second-order valence-corrected chi connectivity index (χ2v) is 4.01. The first kappa shape index (κ1) is 11.0. The quantitative estimate of drug-likeness (QED) is 0.832. The first-order chi connectivity index (χ1) is 7.50. The van der Waals surface area contributed by atoms with Crippen molar-refractivity contribution in [2.75, 3.05) is 5.73 Å². The molecule has 2 N–H and O–H groups in total. The summed E-state index contributed by atoms with van der Waals surface area (Å²) in [6.07, 6.45) is 0. The van der Waals surface area contributed by atoms with Crippen LogP contribution < -0.4 is 5.73 Å². The van der Waals surface area contributed by atoms with Crippen LogP contribution in [0.15, 0.2) is 18.2 Å². The van der Waals surface area contributed by atoms with Gasteiger partial charge in [0.1, 0.15) is 23.2 Å². The molecule has 3 nitrogen and oxygen atoms in total. The van der Waals surface area contributed by atoms with Gasteiger partial charge in [-0.1, -0.05) is 11.6 Å². The third-order valence-electron chi connectivity index (χ3n) is 2.55. The largest absolute Gasteiger partial charge is 0.383 e. The minimum atomic E-state index is -0.419. The molecule has 0 saturated carbocycles. The van der Waals surface area contributed by atoms with Crippen LogP contribution >= 0.6 is 11.6 Å². The fourth-order valence-corrected chi connectivity index (χ4v) is 1.67. The summed E-state index contributed by atoms with van der Waals surface area (Å²) in [4.78, 5) is 4.23. The predicted molar refractivity (Wildman–Crippen MR) is 62.8 cm³/mol. The second kappa shape index (κ2) is 3.79. The van der Waals surface area contributed by atoms with E-state index in [1.807, 2.05) is 6.92 Å². The van der Waals surface area contributed by atoms with E-state index in [9.17, 15) is 4.39 Å². The molecule has 16 heavy (non-hydrogen) atoms. The van der Waals surface area contributed by atoms with Crippen molar-refractivity contribution < 1.29 is 4.39 Å². The molecule has 0 aliphatic heterocycles. The van der Waals surface area contributed by atoms with Crippen LogP contribution in [0.25, 0.3) is 11.3 Å². The Kier molecular flexibility index (Phi) is 2.59. The van der Waals surface area contributed by atoms with E-state index >= 15 is 0 Å². The monoisotopic (exact) mass is 239 g/mol. The highest BCUT2D eigenvalue weighted by atomic mass is 35.5. The lowest BCUT2D eigenvalue weighted by Gasteiger charge is -2.02. The highest BCUT2D eigenvalue weighted by Gasteiger charge is 2.14. The SMILES string of the molecule is Cc1nc(-c2ccc(Cl)cc2F)c(N)n1C. The number of imidazole rings is 1.